The molecule has 0 atom stereocenters. The molecule has 10 heteroatoms. The second kappa shape index (κ2) is 4.89. The molecule has 0 spiro atoms. The molecule has 1 aliphatic heterocycles. The summed E-state index contributed by atoms with van der Waals surface area (Å²) < 4.78 is 10.7. The molecule has 10 nitrogen and oxygen atoms in total. The first-order valence-corrected chi connectivity index (χ1v) is 5.78. The topological polar surface area (TPSA) is 142 Å². The molecule has 0 aliphatic carbocycles. The molecule has 1 aromatic rings. The molecule has 0 fully saturated rings. The summed E-state index contributed by atoms with van der Waals surface area (Å²) in [5.41, 5.74) is -1.44. The maximum atomic E-state index is 10.8. The molecule has 21 heavy (non-hydrogen) atoms. The minimum absolute atomic E-state index is 0.0153. The van der Waals surface area contributed by atoms with Gasteiger partial charge in [0.15, 0.2) is 11.5 Å². The molecule has 0 bridgehead atoms. The molecule has 0 aromatic heterocycles. The SMILES string of the molecule is CC1(CCC(=O)O)Oc2cc([N+](=O)[O-])c([N+](=O)[O-])cc2O1. The van der Waals surface area contributed by atoms with E-state index in [4.69, 9.17) is 14.6 Å². The maximum Gasteiger partial charge on any atom is 0.350 e. The number of aliphatic carboxylic acids is 1. The van der Waals surface area contributed by atoms with E-state index in [1.54, 1.807) is 0 Å². The van der Waals surface area contributed by atoms with Crippen molar-refractivity contribution in [3.63, 3.8) is 0 Å². The van der Waals surface area contributed by atoms with Gasteiger partial charge in [-0.1, -0.05) is 0 Å². The molecular weight excluding hydrogens is 288 g/mol. The average molecular weight is 298 g/mol. The third kappa shape index (κ3) is 2.83. The van der Waals surface area contributed by atoms with E-state index in [-0.39, 0.29) is 24.3 Å². The fourth-order valence-corrected chi connectivity index (χ4v) is 1.91. The van der Waals surface area contributed by atoms with Crippen molar-refractivity contribution < 1.29 is 29.2 Å². The van der Waals surface area contributed by atoms with Crippen LogP contribution in [0.25, 0.3) is 0 Å². The van der Waals surface area contributed by atoms with Crippen molar-refractivity contribution in [2.75, 3.05) is 0 Å². The lowest BCUT2D eigenvalue weighted by Crippen LogP contribution is -2.35. The summed E-state index contributed by atoms with van der Waals surface area (Å²) in [4.78, 5) is 30.4. The van der Waals surface area contributed by atoms with Crippen LogP contribution in [0.3, 0.4) is 0 Å². The zero-order chi connectivity index (χ0) is 15.8. The van der Waals surface area contributed by atoms with Crippen molar-refractivity contribution in [1.82, 2.24) is 0 Å². The molecule has 112 valence electrons. The molecular formula is C11H10N2O8. The molecule has 0 amide bonds. The summed E-state index contributed by atoms with van der Waals surface area (Å²) in [6.07, 6.45) is -0.257. The summed E-state index contributed by atoms with van der Waals surface area (Å²) in [5.74, 6) is -2.44. The van der Waals surface area contributed by atoms with Crippen LogP contribution < -0.4 is 9.47 Å². The van der Waals surface area contributed by atoms with Crippen LogP contribution in [0, 0.1) is 20.2 Å². The fraction of sp³-hybridized carbons (Fsp3) is 0.364. The van der Waals surface area contributed by atoms with Gasteiger partial charge in [0.25, 0.3) is 0 Å². The van der Waals surface area contributed by atoms with Gasteiger partial charge < -0.3 is 14.6 Å². The van der Waals surface area contributed by atoms with Crippen LogP contribution in [0.2, 0.25) is 0 Å². The van der Waals surface area contributed by atoms with Gasteiger partial charge in [0.05, 0.1) is 28.4 Å². The van der Waals surface area contributed by atoms with E-state index in [0.29, 0.717) is 0 Å². The summed E-state index contributed by atoms with van der Waals surface area (Å²) in [7, 11) is 0. The van der Waals surface area contributed by atoms with E-state index >= 15 is 0 Å². The van der Waals surface area contributed by atoms with Gasteiger partial charge >= 0.3 is 17.3 Å². The average Bonchev–Trinajstić information content (AvgIpc) is 2.70. The van der Waals surface area contributed by atoms with Gasteiger partial charge in [0.1, 0.15) is 0 Å². The van der Waals surface area contributed by atoms with Crippen LogP contribution in [0.5, 0.6) is 11.5 Å². The Morgan fingerprint density at radius 3 is 1.95 bits per heavy atom. The molecule has 0 unspecified atom stereocenters. The Hall–Kier alpha value is -2.91. The van der Waals surface area contributed by atoms with Gasteiger partial charge in [-0.3, -0.25) is 25.0 Å². The Morgan fingerprint density at radius 2 is 1.62 bits per heavy atom. The number of carboxylic acids is 1. The molecule has 1 N–H and O–H groups in total. The minimum atomic E-state index is -1.33. The third-order valence-electron chi connectivity index (χ3n) is 2.88. The number of carboxylic acid groups (broad SMARTS) is 1. The zero-order valence-electron chi connectivity index (χ0n) is 10.8. The van der Waals surface area contributed by atoms with Crippen LogP contribution in [0.15, 0.2) is 12.1 Å². The minimum Gasteiger partial charge on any atom is -0.481 e. The summed E-state index contributed by atoms with van der Waals surface area (Å²) in [6, 6.07) is 1.80. The van der Waals surface area contributed by atoms with Gasteiger partial charge in [-0.15, -0.1) is 0 Å². The van der Waals surface area contributed by atoms with Gasteiger partial charge in [-0.2, -0.15) is 0 Å². The van der Waals surface area contributed by atoms with Crippen molar-refractivity contribution in [2.24, 2.45) is 0 Å². The Labute approximate surface area is 117 Å². The highest BCUT2D eigenvalue weighted by atomic mass is 16.7. The summed E-state index contributed by atoms with van der Waals surface area (Å²) in [6.45, 7) is 1.45. The highest BCUT2D eigenvalue weighted by Crippen LogP contribution is 2.46. The number of carbonyl (C=O) groups is 1. The van der Waals surface area contributed by atoms with Crippen LogP contribution in [0.4, 0.5) is 11.4 Å². The number of hydrogen-bond acceptors (Lipinski definition) is 7. The Kier molecular flexibility index (Phi) is 3.37. The van der Waals surface area contributed by atoms with Crippen molar-refractivity contribution in [1.29, 1.82) is 0 Å². The number of ether oxygens (including phenoxy) is 2. The van der Waals surface area contributed by atoms with Gasteiger partial charge in [-0.05, 0) is 0 Å². The zero-order valence-corrected chi connectivity index (χ0v) is 10.8. The number of rotatable bonds is 5. The van der Waals surface area contributed by atoms with Crippen molar-refractivity contribution in [3.05, 3.63) is 32.4 Å². The standard InChI is InChI=1S/C11H10N2O8/c1-11(3-2-10(14)15)20-8-4-6(12(16)17)7(13(18)19)5-9(8)21-11/h4-5H,2-3H2,1H3,(H,14,15). The van der Waals surface area contributed by atoms with E-state index < -0.39 is 33.0 Å². The van der Waals surface area contributed by atoms with E-state index in [1.165, 1.54) is 6.92 Å². The molecule has 0 saturated carbocycles. The van der Waals surface area contributed by atoms with Gasteiger partial charge in [0, 0.05) is 13.3 Å². The highest BCUT2D eigenvalue weighted by Gasteiger charge is 2.40. The highest BCUT2D eigenvalue weighted by molar-refractivity contribution is 5.67. The monoisotopic (exact) mass is 298 g/mol. The number of nitro groups is 2. The number of benzene rings is 1. The van der Waals surface area contributed by atoms with E-state index in [0.717, 1.165) is 12.1 Å². The smallest absolute Gasteiger partial charge is 0.350 e. The fourth-order valence-electron chi connectivity index (χ4n) is 1.91. The van der Waals surface area contributed by atoms with Crippen molar-refractivity contribution in [2.45, 2.75) is 25.6 Å². The van der Waals surface area contributed by atoms with Crippen molar-refractivity contribution >= 4 is 17.3 Å². The van der Waals surface area contributed by atoms with Crippen LogP contribution in [-0.4, -0.2) is 26.7 Å². The number of hydrogen-bond donors (Lipinski definition) is 1. The molecule has 1 aromatic carbocycles. The van der Waals surface area contributed by atoms with E-state index in [2.05, 4.69) is 0 Å². The van der Waals surface area contributed by atoms with E-state index in [9.17, 15) is 25.0 Å². The van der Waals surface area contributed by atoms with Gasteiger partial charge in [-0.25, -0.2) is 0 Å². The third-order valence-corrected chi connectivity index (χ3v) is 2.88. The Balaban J connectivity index is 2.35. The van der Waals surface area contributed by atoms with Gasteiger partial charge in [0.2, 0.25) is 5.79 Å². The first-order chi connectivity index (χ1) is 9.72. The second-order valence-corrected chi connectivity index (χ2v) is 4.53. The molecule has 1 heterocycles. The van der Waals surface area contributed by atoms with Crippen LogP contribution >= 0.6 is 0 Å². The summed E-state index contributed by atoms with van der Waals surface area (Å²) in [5, 5.41) is 30.3. The lowest BCUT2D eigenvalue weighted by atomic mass is 10.2. The summed E-state index contributed by atoms with van der Waals surface area (Å²) >= 11 is 0. The predicted octanol–water partition coefficient (Wildman–Crippen LogP) is 1.86. The second-order valence-electron chi connectivity index (χ2n) is 4.53. The number of nitrogens with zero attached hydrogens (tertiary/aromatic N) is 2. The first-order valence-electron chi connectivity index (χ1n) is 5.78. The normalized spacial score (nSPS) is 14.7. The van der Waals surface area contributed by atoms with Crippen LogP contribution in [-0.2, 0) is 4.79 Å². The number of fused-ring (bicyclic) bond motifs is 1. The number of nitro benzene ring substituents is 2. The van der Waals surface area contributed by atoms with Crippen LogP contribution in [0.1, 0.15) is 19.8 Å². The van der Waals surface area contributed by atoms with E-state index in [1.807, 2.05) is 0 Å². The molecule has 2 rings (SSSR count). The maximum absolute atomic E-state index is 10.8. The first kappa shape index (κ1) is 14.5. The predicted molar refractivity (Wildman–Crippen MR) is 66.3 cm³/mol. The lowest BCUT2D eigenvalue weighted by Gasteiger charge is -2.21. The lowest BCUT2D eigenvalue weighted by molar-refractivity contribution is -0.422. The largest absolute Gasteiger partial charge is 0.481 e. The van der Waals surface area contributed by atoms with Crippen molar-refractivity contribution in [3.8, 4) is 11.5 Å². The molecule has 0 radical (unpaired) electrons. The quantitative estimate of drug-likeness (QED) is 0.640. The molecule has 0 saturated heterocycles. The molecule has 1 aliphatic rings. The Bertz CT molecular complexity index is 598. The Morgan fingerprint density at radius 1 is 1.19 bits per heavy atom.